The Bertz CT molecular complexity index is 1410. The number of likely N-dealkylation sites (tertiary alicyclic amines) is 1. The molecule has 0 aromatic heterocycles. The topological polar surface area (TPSA) is 57.6 Å². The van der Waals surface area contributed by atoms with Crippen LogP contribution >= 0.6 is 0 Å². The quantitative estimate of drug-likeness (QED) is 0.165. The number of hydrogen-bond acceptors (Lipinski definition) is 4. The average Bonchev–Trinajstić information content (AvgIpc) is 3.31. The molecular weight excluding hydrogens is 604 g/mol. The fourth-order valence-corrected chi connectivity index (χ4v) is 7.88. The molecule has 0 amide bonds. The molecule has 1 N–H and O–H groups in total. The van der Waals surface area contributed by atoms with Crippen LogP contribution in [0.25, 0.3) is 11.1 Å². The SMILES string of the molecule is O=S(=O)(CCCC1CCCN1CCCCCC1=C(c2cccc(F)c2)CCCc2cc(O)ccc21)CCC(F)(F)C(F)(F)F. The molecule has 1 fully saturated rings. The number of phenols is 1. The summed E-state index contributed by atoms with van der Waals surface area (Å²) in [7, 11) is -4.01. The second-order valence-electron chi connectivity index (χ2n) is 12.1. The van der Waals surface area contributed by atoms with Gasteiger partial charge in [0, 0.05) is 12.5 Å². The maximum Gasteiger partial charge on any atom is 0.453 e. The zero-order chi connectivity index (χ0) is 32.0. The summed E-state index contributed by atoms with van der Waals surface area (Å²) in [6, 6.07) is 12.3. The van der Waals surface area contributed by atoms with Crippen LogP contribution in [0.5, 0.6) is 5.75 Å². The van der Waals surface area contributed by atoms with E-state index in [1.165, 1.54) is 11.6 Å². The summed E-state index contributed by atoms with van der Waals surface area (Å²) in [6.45, 7) is 1.73. The van der Waals surface area contributed by atoms with E-state index in [-0.39, 0.29) is 24.0 Å². The van der Waals surface area contributed by atoms with Gasteiger partial charge in [0.25, 0.3) is 0 Å². The van der Waals surface area contributed by atoms with Crippen LogP contribution in [-0.2, 0) is 16.3 Å². The molecule has 11 heteroatoms. The van der Waals surface area contributed by atoms with Crippen molar-refractivity contribution in [2.24, 2.45) is 0 Å². The van der Waals surface area contributed by atoms with Crippen LogP contribution in [0.1, 0.15) is 87.3 Å². The molecule has 1 aliphatic carbocycles. The van der Waals surface area contributed by atoms with Gasteiger partial charge in [-0.25, -0.2) is 12.8 Å². The van der Waals surface area contributed by atoms with Gasteiger partial charge in [-0.1, -0.05) is 24.6 Å². The second kappa shape index (κ2) is 14.7. The highest BCUT2D eigenvalue weighted by Gasteiger charge is 2.57. The minimum absolute atomic E-state index is 0.172. The third-order valence-corrected chi connectivity index (χ3v) is 10.6. The molecule has 2 aromatic carbocycles. The molecule has 4 rings (SSSR count). The molecule has 0 saturated carbocycles. The second-order valence-corrected chi connectivity index (χ2v) is 14.4. The summed E-state index contributed by atoms with van der Waals surface area (Å²) in [5.74, 6) is -6.63. The number of nitrogens with zero attached hydrogens (tertiary/aromatic N) is 1. The van der Waals surface area contributed by atoms with E-state index in [9.17, 15) is 39.9 Å². The molecule has 1 heterocycles. The molecule has 2 aliphatic rings. The van der Waals surface area contributed by atoms with Gasteiger partial charge in [-0.15, -0.1) is 0 Å². The Hall–Kier alpha value is -2.53. The molecule has 4 nitrogen and oxygen atoms in total. The first-order valence-electron chi connectivity index (χ1n) is 15.4. The fraction of sp³-hybridized carbons (Fsp3) is 0.576. The van der Waals surface area contributed by atoms with E-state index in [0.717, 1.165) is 93.1 Å². The van der Waals surface area contributed by atoms with Gasteiger partial charge in [0.1, 0.15) is 11.6 Å². The third kappa shape index (κ3) is 9.25. The number of aryl methyl sites for hydroxylation is 1. The van der Waals surface area contributed by atoms with Crippen LogP contribution in [0.4, 0.5) is 26.3 Å². The number of rotatable bonds is 14. The van der Waals surface area contributed by atoms with E-state index in [2.05, 4.69) is 4.90 Å². The van der Waals surface area contributed by atoms with Crippen LogP contribution in [0.3, 0.4) is 0 Å². The van der Waals surface area contributed by atoms with Crippen LogP contribution in [-0.4, -0.2) is 61.2 Å². The summed E-state index contributed by atoms with van der Waals surface area (Å²) < 4.78 is 102. The number of allylic oxidation sites excluding steroid dienone is 2. The lowest BCUT2D eigenvalue weighted by Crippen LogP contribution is -2.38. The van der Waals surface area contributed by atoms with Crippen molar-refractivity contribution < 1.29 is 39.9 Å². The molecule has 1 aliphatic heterocycles. The van der Waals surface area contributed by atoms with Gasteiger partial charge in [-0.05, 0) is 129 Å². The number of aromatic hydroxyl groups is 1. The number of unbranched alkanes of at least 4 members (excludes halogenated alkanes) is 2. The Labute approximate surface area is 256 Å². The van der Waals surface area contributed by atoms with Crippen molar-refractivity contribution in [3.8, 4) is 5.75 Å². The van der Waals surface area contributed by atoms with Crippen molar-refractivity contribution in [1.29, 1.82) is 0 Å². The predicted molar refractivity (Wildman–Crippen MR) is 161 cm³/mol. The molecule has 244 valence electrons. The van der Waals surface area contributed by atoms with Crippen molar-refractivity contribution in [1.82, 2.24) is 4.90 Å². The lowest BCUT2D eigenvalue weighted by atomic mass is 9.89. The third-order valence-electron chi connectivity index (χ3n) is 8.83. The van der Waals surface area contributed by atoms with E-state index in [1.54, 1.807) is 18.2 Å². The number of benzene rings is 2. The lowest BCUT2D eigenvalue weighted by Gasteiger charge is -2.24. The van der Waals surface area contributed by atoms with Gasteiger partial charge in [-0.2, -0.15) is 22.0 Å². The Morgan fingerprint density at radius 1 is 0.909 bits per heavy atom. The highest BCUT2D eigenvalue weighted by atomic mass is 32.2. The molecule has 1 atom stereocenters. The van der Waals surface area contributed by atoms with Gasteiger partial charge in [-0.3, -0.25) is 0 Å². The van der Waals surface area contributed by atoms with Crippen LogP contribution < -0.4 is 0 Å². The molecule has 44 heavy (non-hydrogen) atoms. The molecule has 1 saturated heterocycles. The van der Waals surface area contributed by atoms with Gasteiger partial charge >= 0.3 is 12.1 Å². The Kier molecular flexibility index (Phi) is 11.5. The van der Waals surface area contributed by atoms with E-state index in [1.807, 2.05) is 18.2 Å². The van der Waals surface area contributed by atoms with E-state index in [4.69, 9.17) is 0 Å². The number of fused-ring (bicyclic) bond motifs is 1. The molecule has 0 radical (unpaired) electrons. The molecule has 0 bridgehead atoms. The summed E-state index contributed by atoms with van der Waals surface area (Å²) in [4.78, 5) is 2.32. The maximum absolute atomic E-state index is 14.1. The Balaban J connectivity index is 1.28. The van der Waals surface area contributed by atoms with Crippen molar-refractivity contribution in [3.05, 3.63) is 65.0 Å². The van der Waals surface area contributed by atoms with Gasteiger partial charge in [0.2, 0.25) is 0 Å². The van der Waals surface area contributed by atoms with Gasteiger partial charge in [0.15, 0.2) is 9.84 Å². The van der Waals surface area contributed by atoms with E-state index >= 15 is 0 Å². The smallest absolute Gasteiger partial charge is 0.453 e. The van der Waals surface area contributed by atoms with Crippen molar-refractivity contribution >= 4 is 21.0 Å². The first-order valence-corrected chi connectivity index (χ1v) is 17.3. The normalized spacial score (nSPS) is 18.5. The zero-order valence-corrected chi connectivity index (χ0v) is 25.6. The van der Waals surface area contributed by atoms with E-state index < -0.39 is 39.9 Å². The Morgan fingerprint density at radius 3 is 2.45 bits per heavy atom. The summed E-state index contributed by atoms with van der Waals surface area (Å²) in [5.41, 5.74) is 5.43. The fourth-order valence-electron chi connectivity index (χ4n) is 6.51. The first-order chi connectivity index (χ1) is 20.8. The number of hydrogen-bond donors (Lipinski definition) is 1. The van der Waals surface area contributed by atoms with E-state index in [0.29, 0.717) is 6.42 Å². The van der Waals surface area contributed by atoms with Crippen molar-refractivity contribution in [3.63, 3.8) is 0 Å². The highest BCUT2D eigenvalue weighted by Crippen LogP contribution is 2.40. The summed E-state index contributed by atoms with van der Waals surface area (Å²) in [5, 5.41) is 10.1. The van der Waals surface area contributed by atoms with Crippen LogP contribution in [0.2, 0.25) is 0 Å². The predicted octanol–water partition coefficient (Wildman–Crippen LogP) is 8.59. The maximum atomic E-state index is 14.1. The number of phenolic OH excluding ortho intramolecular Hbond substituents is 1. The Morgan fingerprint density at radius 2 is 1.70 bits per heavy atom. The van der Waals surface area contributed by atoms with Crippen molar-refractivity contribution in [2.45, 2.75) is 95.2 Å². The lowest BCUT2D eigenvalue weighted by molar-refractivity contribution is -0.282. The monoisotopic (exact) mass is 645 g/mol. The van der Waals surface area contributed by atoms with Gasteiger partial charge in [0.05, 0.1) is 11.5 Å². The van der Waals surface area contributed by atoms with Crippen LogP contribution in [0, 0.1) is 5.82 Å². The largest absolute Gasteiger partial charge is 0.508 e. The number of alkyl halides is 5. The summed E-state index contributed by atoms with van der Waals surface area (Å²) in [6.07, 6.45) is 1.37. The van der Waals surface area contributed by atoms with Crippen molar-refractivity contribution in [2.75, 3.05) is 24.6 Å². The minimum Gasteiger partial charge on any atom is -0.508 e. The first kappa shape index (κ1) is 34.3. The molecule has 2 aromatic rings. The minimum atomic E-state index is -5.75. The molecular formula is C33H41F6NO3S. The molecule has 0 spiro atoms. The highest BCUT2D eigenvalue weighted by molar-refractivity contribution is 7.91. The zero-order valence-electron chi connectivity index (χ0n) is 24.8. The van der Waals surface area contributed by atoms with Gasteiger partial charge < -0.3 is 10.0 Å². The summed E-state index contributed by atoms with van der Waals surface area (Å²) >= 11 is 0. The molecule has 1 unspecified atom stereocenters. The van der Waals surface area contributed by atoms with Crippen LogP contribution in [0.15, 0.2) is 42.5 Å². The standard InChI is InChI=1S/C33H41F6NO3S/c34-26-10-4-8-24(22-26)29-14-5-9-25-23-28(41)15-16-30(25)31(29)13-2-1-3-18-40-19-6-11-27(40)12-7-20-44(42,43)21-17-32(35,36)33(37,38)39/h4,8,10,15-16,22-23,27,41H,1-3,5-7,9,11-14,17-21H2. The number of halogens is 6. The number of sulfone groups is 1. The average molecular weight is 646 g/mol.